The van der Waals surface area contributed by atoms with E-state index < -0.39 is 11.7 Å². The van der Waals surface area contributed by atoms with Crippen LogP contribution in [0.1, 0.15) is 18.4 Å². The minimum absolute atomic E-state index is 0.541. The van der Waals surface area contributed by atoms with Gasteiger partial charge < -0.3 is 15.2 Å². The number of nitrogens with zero attached hydrogens (tertiary/aromatic N) is 3. The van der Waals surface area contributed by atoms with Gasteiger partial charge in [0.15, 0.2) is 0 Å². The van der Waals surface area contributed by atoms with Gasteiger partial charge in [-0.3, -0.25) is 0 Å². The molecule has 1 fully saturated rings. The molecule has 1 aromatic carbocycles. The zero-order chi connectivity index (χ0) is 18.3. The van der Waals surface area contributed by atoms with Crippen LogP contribution in [-0.2, 0) is 13.2 Å². The number of pyridine rings is 1. The van der Waals surface area contributed by atoms with Gasteiger partial charge in [0.2, 0.25) is 5.95 Å². The van der Waals surface area contributed by atoms with Gasteiger partial charge in [-0.1, -0.05) is 0 Å². The number of halogens is 3. The first-order chi connectivity index (χ1) is 12.4. The molecule has 26 heavy (non-hydrogen) atoms. The minimum Gasteiger partial charge on any atom is -0.355 e. The molecule has 0 saturated heterocycles. The molecular weight excluding hydrogens is 343 g/mol. The molecule has 0 radical (unpaired) electrons. The average molecular weight is 361 g/mol. The maximum atomic E-state index is 12.6. The molecule has 5 nitrogen and oxygen atoms in total. The van der Waals surface area contributed by atoms with Crippen LogP contribution in [0.5, 0.6) is 0 Å². The van der Waals surface area contributed by atoms with E-state index in [1.165, 1.54) is 25.0 Å². The zero-order valence-corrected chi connectivity index (χ0v) is 14.1. The lowest BCUT2D eigenvalue weighted by Crippen LogP contribution is -2.07. The third kappa shape index (κ3) is 3.44. The monoisotopic (exact) mass is 361 g/mol. The van der Waals surface area contributed by atoms with Crippen LogP contribution in [0.2, 0.25) is 0 Å². The number of imidazole rings is 1. The Morgan fingerprint density at radius 3 is 2.58 bits per heavy atom. The van der Waals surface area contributed by atoms with Crippen LogP contribution in [0.3, 0.4) is 0 Å². The molecule has 1 saturated carbocycles. The number of hydrogen-bond acceptors (Lipinski definition) is 4. The molecule has 0 spiro atoms. The Hall–Kier alpha value is -2.77. The van der Waals surface area contributed by atoms with E-state index in [9.17, 15) is 13.2 Å². The van der Waals surface area contributed by atoms with E-state index in [1.807, 2.05) is 17.7 Å². The molecule has 2 N–H and O–H groups in total. The summed E-state index contributed by atoms with van der Waals surface area (Å²) in [6, 6.07) is 6.71. The van der Waals surface area contributed by atoms with Crippen molar-refractivity contribution in [3.05, 3.63) is 42.1 Å². The fraction of sp³-hybridized carbons (Fsp3) is 0.333. The summed E-state index contributed by atoms with van der Waals surface area (Å²) in [6.07, 6.45) is -0.155. The number of aromatic nitrogens is 3. The van der Waals surface area contributed by atoms with E-state index in [1.54, 1.807) is 6.20 Å². The number of benzene rings is 1. The van der Waals surface area contributed by atoms with Gasteiger partial charge in [-0.05, 0) is 43.0 Å². The number of anilines is 3. The summed E-state index contributed by atoms with van der Waals surface area (Å²) >= 11 is 0. The highest BCUT2D eigenvalue weighted by Gasteiger charge is 2.30. The molecule has 0 aliphatic heterocycles. The topological polar surface area (TPSA) is 54.8 Å². The van der Waals surface area contributed by atoms with Gasteiger partial charge in [-0.2, -0.15) is 13.2 Å². The van der Waals surface area contributed by atoms with Crippen molar-refractivity contribution in [2.75, 3.05) is 17.2 Å². The van der Waals surface area contributed by atoms with Crippen LogP contribution in [0.15, 0.2) is 36.5 Å². The van der Waals surface area contributed by atoms with Crippen molar-refractivity contribution in [1.29, 1.82) is 0 Å². The quantitative estimate of drug-likeness (QED) is 0.700. The van der Waals surface area contributed by atoms with E-state index in [2.05, 4.69) is 20.6 Å². The standard InChI is InChI=1S/C18H18F3N5/c1-26-15-8-16(24-13-6-4-12(5-7-13)18(19,20)21)22-10-14(15)25-17(26)23-9-11-2-3-11/h4-8,10-11H,2-3,9H2,1H3,(H,22,24)(H,23,25). The highest BCUT2D eigenvalue weighted by atomic mass is 19.4. The highest BCUT2D eigenvalue weighted by molar-refractivity contribution is 5.81. The molecule has 8 heteroatoms. The summed E-state index contributed by atoms with van der Waals surface area (Å²) in [7, 11) is 1.92. The zero-order valence-electron chi connectivity index (χ0n) is 14.1. The van der Waals surface area contributed by atoms with Crippen molar-refractivity contribution in [2.24, 2.45) is 13.0 Å². The second kappa shape index (κ2) is 6.19. The van der Waals surface area contributed by atoms with Crippen molar-refractivity contribution in [1.82, 2.24) is 14.5 Å². The molecule has 0 atom stereocenters. The van der Waals surface area contributed by atoms with Crippen LogP contribution < -0.4 is 10.6 Å². The fourth-order valence-corrected chi connectivity index (χ4v) is 2.77. The second-order valence-corrected chi connectivity index (χ2v) is 6.58. The van der Waals surface area contributed by atoms with Gasteiger partial charge in [0.25, 0.3) is 0 Å². The summed E-state index contributed by atoms with van der Waals surface area (Å²) in [5, 5.41) is 6.38. The molecule has 2 heterocycles. The molecule has 1 aliphatic rings. The van der Waals surface area contributed by atoms with Gasteiger partial charge in [0.1, 0.15) is 11.3 Å². The van der Waals surface area contributed by atoms with Crippen molar-refractivity contribution in [2.45, 2.75) is 19.0 Å². The van der Waals surface area contributed by atoms with E-state index in [4.69, 9.17) is 0 Å². The maximum absolute atomic E-state index is 12.6. The first-order valence-electron chi connectivity index (χ1n) is 8.41. The third-order valence-electron chi connectivity index (χ3n) is 4.50. The largest absolute Gasteiger partial charge is 0.416 e. The Kier molecular flexibility index (Phi) is 3.97. The van der Waals surface area contributed by atoms with Gasteiger partial charge in [0.05, 0.1) is 17.3 Å². The van der Waals surface area contributed by atoms with Crippen LogP contribution >= 0.6 is 0 Å². The molecule has 0 amide bonds. The summed E-state index contributed by atoms with van der Waals surface area (Å²) in [4.78, 5) is 8.83. The van der Waals surface area contributed by atoms with Crippen LogP contribution in [-0.4, -0.2) is 21.1 Å². The van der Waals surface area contributed by atoms with Gasteiger partial charge >= 0.3 is 6.18 Å². The molecule has 4 rings (SSSR count). The lowest BCUT2D eigenvalue weighted by Gasteiger charge is -2.09. The SMILES string of the molecule is Cn1c(NCC2CC2)nc2cnc(Nc3ccc(C(F)(F)F)cc3)cc21. The molecule has 136 valence electrons. The Balaban J connectivity index is 1.53. The van der Waals surface area contributed by atoms with Gasteiger partial charge in [0, 0.05) is 25.3 Å². The Bertz CT molecular complexity index is 926. The first-order valence-corrected chi connectivity index (χ1v) is 8.41. The Labute approximate surface area is 148 Å². The summed E-state index contributed by atoms with van der Waals surface area (Å²) in [5.74, 6) is 2.08. The fourth-order valence-electron chi connectivity index (χ4n) is 2.77. The number of nitrogens with one attached hydrogen (secondary N) is 2. The number of aryl methyl sites for hydroxylation is 1. The van der Waals surface area contributed by atoms with Crippen molar-refractivity contribution < 1.29 is 13.2 Å². The molecule has 0 unspecified atom stereocenters. The van der Waals surface area contributed by atoms with Crippen LogP contribution in [0.4, 0.5) is 30.6 Å². The average Bonchev–Trinajstić information content (AvgIpc) is 3.38. The summed E-state index contributed by atoms with van der Waals surface area (Å²) in [6.45, 7) is 0.918. The second-order valence-electron chi connectivity index (χ2n) is 6.58. The molecular formula is C18H18F3N5. The molecule has 2 aromatic heterocycles. The normalized spacial score (nSPS) is 14.6. The maximum Gasteiger partial charge on any atom is 0.416 e. The Morgan fingerprint density at radius 1 is 1.19 bits per heavy atom. The lowest BCUT2D eigenvalue weighted by molar-refractivity contribution is -0.137. The van der Waals surface area contributed by atoms with E-state index in [-0.39, 0.29) is 0 Å². The summed E-state index contributed by atoms with van der Waals surface area (Å²) < 4.78 is 39.9. The van der Waals surface area contributed by atoms with Gasteiger partial charge in [-0.25, -0.2) is 9.97 Å². The van der Waals surface area contributed by atoms with Gasteiger partial charge in [-0.15, -0.1) is 0 Å². The number of rotatable bonds is 5. The lowest BCUT2D eigenvalue weighted by atomic mass is 10.2. The predicted octanol–water partition coefficient (Wildman–Crippen LogP) is 4.55. The Morgan fingerprint density at radius 2 is 1.92 bits per heavy atom. The van der Waals surface area contributed by atoms with Crippen molar-refractivity contribution >= 4 is 28.5 Å². The highest BCUT2D eigenvalue weighted by Crippen LogP contribution is 2.31. The predicted molar refractivity (Wildman–Crippen MR) is 94.4 cm³/mol. The number of alkyl halides is 3. The first kappa shape index (κ1) is 16.7. The van der Waals surface area contributed by atoms with E-state index in [0.717, 1.165) is 41.6 Å². The summed E-state index contributed by atoms with van der Waals surface area (Å²) in [5.41, 5.74) is 1.53. The van der Waals surface area contributed by atoms with Crippen LogP contribution in [0, 0.1) is 5.92 Å². The van der Waals surface area contributed by atoms with Crippen LogP contribution in [0.25, 0.3) is 11.0 Å². The van der Waals surface area contributed by atoms with Crippen molar-refractivity contribution in [3.63, 3.8) is 0 Å². The molecule has 3 aromatic rings. The van der Waals surface area contributed by atoms with E-state index >= 15 is 0 Å². The minimum atomic E-state index is -4.34. The van der Waals surface area contributed by atoms with E-state index in [0.29, 0.717) is 11.5 Å². The third-order valence-corrected chi connectivity index (χ3v) is 4.50. The smallest absolute Gasteiger partial charge is 0.355 e. The number of hydrogen-bond donors (Lipinski definition) is 2. The number of fused-ring (bicyclic) bond motifs is 1. The van der Waals surface area contributed by atoms with Crippen molar-refractivity contribution in [3.8, 4) is 0 Å². The molecule has 0 bridgehead atoms. The molecule has 1 aliphatic carbocycles.